The highest BCUT2D eigenvalue weighted by molar-refractivity contribution is 7.53. The molecule has 0 saturated heterocycles. The van der Waals surface area contributed by atoms with Gasteiger partial charge in [0.2, 0.25) is 0 Å². The first kappa shape index (κ1) is 36.3. The van der Waals surface area contributed by atoms with Crippen LogP contribution in [0.25, 0.3) is 0 Å². The van der Waals surface area contributed by atoms with Crippen molar-refractivity contribution in [2.24, 2.45) is 11.8 Å². The van der Waals surface area contributed by atoms with Gasteiger partial charge in [-0.1, -0.05) is 36.4 Å². The maximum absolute atomic E-state index is 12.1. The molecule has 0 fully saturated rings. The van der Waals surface area contributed by atoms with Crippen molar-refractivity contribution >= 4 is 27.1 Å². The second-order valence-electron chi connectivity index (χ2n) is 8.17. The van der Waals surface area contributed by atoms with E-state index in [4.69, 9.17) is 28.3 Å². The SMILES string of the molecule is CCOC(=O)C(C)CO.CCOC(=O)C(C)COP(C)(=O)Oc1ccccc1.CP(=O)(O)Oc1ccccc1. The Bertz CT molecular complexity index is 1040. The summed E-state index contributed by atoms with van der Waals surface area (Å²) in [7, 11) is -6.62. The van der Waals surface area contributed by atoms with Crippen LogP contribution in [0.15, 0.2) is 60.7 Å². The number of aliphatic hydroxyl groups excluding tert-OH is 1. The molecular formula is C26H40O11P2. The van der Waals surface area contributed by atoms with Gasteiger partial charge in [0.1, 0.15) is 11.5 Å². The van der Waals surface area contributed by atoms with Gasteiger partial charge in [-0.25, -0.2) is 9.13 Å². The Balaban J connectivity index is 0.000000612. The van der Waals surface area contributed by atoms with Crippen molar-refractivity contribution in [2.75, 3.05) is 39.8 Å². The topological polar surface area (TPSA) is 155 Å². The summed E-state index contributed by atoms with van der Waals surface area (Å²) in [5, 5.41) is 8.43. The Morgan fingerprint density at radius 3 is 1.56 bits per heavy atom. The molecule has 0 bridgehead atoms. The van der Waals surface area contributed by atoms with Crippen molar-refractivity contribution in [1.29, 1.82) is 0 Å². The van der Waals surface area contributed by atoms with E-state index in [-0.39, 0.29) is 31.1 Å². The maximum atomic E-state index is 12.1. The van der Waals surface area contributed by atoms with Crippen molar-refractivity contribution in [2.45, 2.75) is 27.7 Å². The zero-order valence-electron chi connectivity index (χ0n) is 23.2. The third-order valence-corrected chi connectivity index (χ3v) is 5.95. The summed E-state index contributed by atoms with van der Waals surface area (Å²) in [5.74, 6) is -0.683. The molecule has 2 rings (SSSR count). The first-order valence-corrected chi connectivity index (χ1v) is 16.2. The van der Waals surface area contributed by atoms with E-state index in [2.05, 4.69) is 4.74 Å². The molecule has 4 unspecified atom stereocenters. The van der Waals surface area contributed by atoms with E-state index in [1.54, 1.807) is 76.2 Å². The van der Waals surface area contributed by atoms with Crippen LogP contribution in [-0.4, -0.2) is 61.7 Å². The minimum atomic E-state index is -3.39. The van der Waals surface area contributed by atoms with E-state index in [1.807, 2.05) is 12.1 Å². The molecule has 220 valence electrons. The highest BCUT2D eigenvalue weighted by atomic mass is 31.2. The second kappa shape index (κ2) is 19.4. The van der Waals surface area contributed by atoms with Crippen molar-refractivity contribution in [1.82, 2.24) is 0 Å². The number of rotatable bonds is 12. The number of aliphatic hydroxyl groups is 1. The molecule has 0 radical (unpaired) electrons. The van der Waals surface area contributed by atoms with Crippen LogP contribution in [0.5, 0.6) is 11.5 Å². The van der Waals surface area contributed by atoms with E-state index in [0.29, 0.717) is 24.7 Å². The molecule has 0 aliphatic heterocycles. The average molecular weight is 591 g/mol. The summed E-state index contributed by atoms with van der Waals surface area (Å²) in [4.78, 5) is 30.8. The number of ether oxygens (including phenoxy) is 2. The number of carbonyl (C=O) groups is 2. The Morgan fingerprint density at radius 1 is 0.769 bits per heavy atom. The number of hydrogen-bond donors (Lipinski definition) is 2. The number of hydrogen-bond acceptors (Lipinski definition) is 10. The first-order valence-electron chi connectivity index (χ1n) is 12.2. The summed E-state index contributed by atoms with van der Waals surface area (Å²) in [6, 6.07) is 17.3. The second-order valence-corrected chi connectivity index (χ2v) is 11.9. The molecule has 39 heavy (non-hydrogen) atoms. The molecule has 2 N–H and O–H groups in total. The van der Waals surface area contributed by atoms with Gasteiger partial charge in [0.25, 0.3) is 0 Å². The van der Waals surface area contributed by atoms with Crippen molar-refractivity contribution in [3.05, 3.63) is 60.7 Å². The summed E-state index contributed by atoms with van der Waals surface area (Å²) in [6.07, 6.45) is 0. The predicted octanol–water partition coefficient (Wildman–Crippen LogP) is 5.16. The van der Waals surface area contributed by atoms with Crippen LogP contribution in [0.2, 0.25) is 0 Å². The number of para-hydroxylation sites is 2. The Morgan fingerprint density at radius 2 is 1.18 bits per heavy atom. The van der Waals surface area contributed by atoms with E-state index < -0.39 is 21.1 Å². The molecule has 0 aliphatic rings. The predicted molar refractivity (Wildman–Crippen MR) is 148 cm³/mol. The van der Waals surface area contributed by atoms with Gasteiger partial charge < -0.3 is 28.5 Å². The molecule has 0 saturated carbocycles. The fourth-order valence-corrected chi connectivity index (χ4v) is 3.90. The van der Waals surface area contributed by atoms with E-state index in [0.717, 1.165) is 6.66 Å². The Labute approximate surface area is 230 Å². The molecule has 11 nitrogen and oxygen atoms in total. The van der Waals surface area contributed by atoms with Crippen molar-refractivity contribution < 1.29 is 51.8 Å². The van der Waals surface area contributed by atoms with Gasteiger partial charge in [-0.2, -0.15) is 0 Å². The largest absolute Gasteiger partial charge is 0.466 e. The third-order valence-electron chi connectivity index (χ3n) is 4.24. The van der Waals surface area contributed by atoms with Crippen LogP contribution in [-0.2, 0) is 32.7 Å². The standard InChI is InChI=1S/C13H19O5P.C7H9O3P.C6H12O3/c1-4-16-13(14)11(2)10-17-19(3,15)18-12-8-6-5-7-9-12;1-11(8,9)10-7-5-3-2-4-6-7;1-3-9-6(8)5(2)4-7/h5-9,11H,4,10H2,1-3H3;2-6H,1H3,(H,8,9);5,7H,3-4H2,1-2H3. The Kier molecular flexibility index (Phi) is 18.1. The van der Waals surface area contributed by atoms with Gasteiger partial charge in [0.05, 0.1) is 38.3 Å². The van der Waals surface area contributed by atoms with Crippen molar-refractivity contribution in [3.8, 4) is 11.5 Å². The zero-order valence-corrected chi connectivity index (χ0v) is 25.0. The van der Waals surface area contributed by atoms with E-state index in [9.17, 15) is 18.7 Å². The Hall–Kier alpha value is -2.68. The molecular weight excluding hydrogens is 550 g/mol. The molecule has 2 aromatic rings. The van der Waals surface area contributed by atoms with E-state index >= 15 is 0 Å². The highest BCUT2D eigenvalue weighted by Gasteiger charge is 2.23. The lowest BCUT2D eigenvalue weighted by Gasteiger charge is -2.17. The van der Waals surface area contributed by atoms with Crippen LogP contribution < -0.4 is 9.05 Å². The minimum Gasteiger partial charge on any atom is -0.466 e. The fraction of sp³-hybridized carbons (Fsp3) is 0.462. The fourth-order valence-electron chi connectivity index (χ4n) is 2.33. The normalized spacial score (nSPS) is 14.8. The zero-order chi connectivity index (χ0) is 29.9. The van der Waals surface area contributed by atoms with Gasteiger partial charge in [0.15, 0.2) is 0 Å². The molecule has 0 aliphatic carbocycles. The van der Waals surface area contributed by atoms with Gasteiger partial charge >= 0.3 is 27.1 Å². The molecule has 4 atom stereocenters. The highest BCUT2D eigenvalue weighted by Crippen LogP contribution is 2.44. The smallest absolute Gasteiger partial charge is 0.376 e. The molecule has 0 spiro atoms. The molecule has 13 heteroatoms. The summed E-state index contributed by atoms with van der Waals surface area (Å²) in [6.45, 7) is 9.82. The van der Waals surface area contributed by atoms with E-state index in [1.165, 1.54) is 6.66 Å². The summed E-state index contributed by atoms with van der Waals surface area (Å²) in [5.41, 5.74) is 0. The number of esters is 2. The average Bonchev–Trinajstić information content (AvgIpc) is 2.88. The number of benzene rings is 2. The molecule has 0 aromatic heterocycles. The lowest BCUT2D eigenvalue weighted by Crippen LogP contribution is -2.19. The molecule has 0 heterocycles. The number of carbonyl (C=O) groups excluding carboxylic acids is 2. The van der Waals surface area contributed by atoms with Gasteiger partial charge in [0, 0.05) is 13.3 Å². The summed E-state index contributed by atoms with van der Waals surface area (Å²) >= 11 is 0. The summed E-state index contributed by atoms with van der Waals surface area (Å²) < 4.78 is 47.4. The molecule has 2 aromatic carbocycles. The van der Waals surface area contributed by atoms with Crippen LogP contribution in [0, 0.1) is 11.8 Å². The monoisotopic (exact) mass is 590 g/mol. The van der Waals surface area contributed by atoms with Crippen LogP contribution in [0.3, 0.4) is 0 Å². The lowest BCUT2D eigenvalue weighted by molar-refractivity contribution is -0.149. The van der Waals surface area contributed by atoms with Gasteiger partial charge in [-0.05, 0) is 52.0 Å². The quantitative estimate of drug-likeness (QED) is 0.249. The third kappa shape index (κ3) is 19.1. The van der Waals surface area contributed by atoms with Crippen LogP contribution in [0.4, 0.5) is 0 Å². The minimum absolute atomic E-state index is 0.000551. The lowest BCUT2D eigenvalue weighted by atomic mass is 10.2. The van der Waals surface area contributed by atoms with Gasteiger partial charge in [-0.15, -0.1) is 0 Å². The molecule has 0 amide bonds. The van der Waals surface area contributed by atoms with Crippen LogP contribution >= 0.6 is 15.2 Å². The van der Waals surface area contributed by atoms with Gasteiger partial charge in [-0.3, -0.25) is 14.1 Å². The maximum Gasteiger partial charge on any atom is 0.376 e. The van der Waals surface area contributed by atoms with Crippen molar-refractivity contribution in [3.63, 3.8) is 0 Å². The first-order chi connectivity index (χ1) is 18.2. The van der Waals surface area contributed by atoms with Crippen LogP contribution in [0.1, 0.15) is 27.7 Å².